The fraction of sp³-hybridized carbons (Fsp3) is 0.286. The minimum atomic E-state index is -0.903. The first kappa shape index (κ1) is 20.2. The van der Waals surface area contributed by atoms with Gasteiger partial charge in [0, 0.05) is 16.5 Å². The number of Topliss-reactive ketones (excluding diaryl/α,β-unsaturated/α-hetero) is 1. The molecule has 1 rings (SSSR count). The quantitative estimate of drug-likeness (QED) is 0.230. The zero-order chi connectivity index (χ0) is 16.4. The Bertz CT molecular complexity index is 687. The summed E-state index contributed by atoms with van der Waals surface area (Å²) in [7, 11) is 0. The van der Waals surface area contributed by atoms with E-state index in [9.17, 15) is 20.0 Å². The zero-order valence-corrected chi connectivity index (χ0v) is 12.4. The summed E-state index contributed by atoms with van der Waals surface area (Å²) in [6, 6.07) is 5.18. The Morgan fingerprint density at radius 3 is 2.36 bits per heavy atom. The molecule has 0 radical (unpaired) electrons. The van der Waals surface area contributed by atoms with E-state index in [1.807, 2.05) is 0 Å². The normalized spacial score (nSPS) is 11.8. The molecule has 0 heterocycles. The number of hydrogen-bond donors (Lipinski definition) is 1. The summed E-state index contributed by atoms with van der Waals surface area (Å²) < 4.78 is 0. The summed E-state index contributed by atoms with van der Waals surface area (Å²) in [6.07, 6.45) is 0. The topological polar surface area (TPSA) is 104 Å². The molecule has 0 aliphatic heterocycles. The second kappa shape index (κ2) is 7.46. The van der Waals surface area contributed by atoms with E-state index in [2.05, 4.69) is 0 Å². The van der Waals surface area contributed by atoms with Gasteiger partial charge in [0.05, 0.1) is 10.5 Å². The molecule has 1 N–H and O–H groups in total. The van der Waals surface area contributed by atoms with E-state index in [0.29, 0.717) is 0 Å². The fourth-order valence-corrected chi connectivity index (χ4v) is 1.74. The molecule has 22 heavy (non-hydrogen) atoms. The van der Waals surface area contributed by atoms with Crippen LogP contribution in [0, 0.1) is 26.9 Å². The van der Waals surface area contributed by atoms with Gasteiger partial charge in [0.2, 0.25) is 0 Å². The molecule has 0 unspecified atom stereocenters. The van der Waals surface area contributed by atoms with E-state index >= 15 is 0 Å². The van der Waals surface area contributed by atoms with E-state index in [1.165, 1.54) is 12.1 Å². The van der Waals surface area contributed by atoms with Gasteiger partial charge in [0.15, 0.2) is 11.5 Å². The summed E-state index contributed by atoms with van der Waals surface area (Å²) in [6.45, 7) is 4.74. The molecular formula is C14H14ClLiN2O4. The van der Waals surface area contributed by atoms with Crippen LogP contribution >= 0.6 is 11.6 Å². The number of benzene rings is 1. The predicted molar refractivity (Wildman–Crippen MR) is 84.9 cm³/mol. The van der Waals surface area contributed by atoms with Gasteiger partial charge in [-0.15, -0.1) is 0 Å². The van der Waals surface area contributed by atoms with E-state index in [-0.39, 0.29) is 29.4 Å². The van der Waals surface area contributed by atoms with Crippen molar-refractivity contribution >= 4 is 47.7 Å². The van der Waals surface area contributed by atoms with Crippen LogP contribution in [0.2, 0.25) is 5.02 Å². The number of rotatable bonds is 3. The van der Waals surface area contributed by atoms with Crippen LogP contribution < -0.4 is 0 Å². The number of nitro benzene ring substituents is 1. The summed E-state index contributed by atoms with van der Waals surface area (Å²) >= 11 is 5.68. The third-order valence-electron chi connectivity index (χ3n) is 2.67. The molecule has 0 fully saturated rings. The number of aliphatic hydroxyl groups excluding tert-OH is 1. The zero-order valence-electron chi connectivity index (χ0n) is 11.7. The van der Waals surface area contributed by atoms with E-state index in [4.69, 9.17) is 16.9 Å². The van der Waals surface area contributed by atoms with Gasteiger partial charge in [-0.25, -0.2) is 0 Å². The molecule has 0 aliphatic rings. The van der Waals surface area contributed by atoms with Gasteiger partial charge in [-0.05, 0) is 12.1 Å². The molecule has 0 spiro atoms. The molecular weight excluding hydrogens is 303 g/mol. The molecule has 0 saturated carbocycles. The van der Waals surface area contributed by atoms with Crippen LogP contribution in [-0.2, 0) is 4.79 Å². The molecule has 1 aromatic carbocycles. The number of nitriles is 1. The molecule has 0 amide bonds. The van der Waals surface area contributed by atoms with Crippen molar-refractivity contribution in [2.45, 2.75) is 20.8 Å². The van der Waals surface area contributed by atoms with Gasteiger partial charge in [0.1, 0.15) is 11.6 Å². The Balaban J connectivity index is 0.00000441. The van der Waals surface area contributed by atoms with Crippen LogP contribution in [0.15, 0.2) is 23.8 Å². The van der Waals surface area contributed by atoms with Crippen LogP contribution in [0.25, 0.3) is 5.76 Å². The molecule has 0 saturated heterocycles. The molecule has 0 aliphatic carbocycles. The van der Waals surface area contributed by atoms with Gasteiger partial charge >= 0.3 is 18.9 Å². The maximum absolute atomic E-state index is 12.1. The molecule has 1 aromatic rings. The molecule has 0 bridgehead atoms. The standard InChI is InChI=1S/C14H13ClN2O4.Li.H/c1-14(2,3)13(19)10(7-16)12(18)9-5-4-8(15)6-11(9)17(20)21;;/h4-6,18H,1-3H3;;. The Morgan fingerprint density at radius 2 is 1.95 bits per heavy atom. The number of nitro groups is 1. The van der Waals surface area contributed by atoms with E-state index < -0.39 is 33.1 Å². The van der Waals surface area contributed by atoms with Gasteiger partial charge < -0.3 is 5.11 Å². The monoisotopic (exact) mass is 316 g/mol. The van der Waals surface area contributed by atoms with Crippen molar-refractivity contribution in [1.82, 2.24) is 0 Å². The van der Waals surface area contributed by atoms with Gasteiger partial charge in [-0.2, -0.15) is 5.26 Å². The van der Waals surface area contributed by atoms with E-state index in [1.54, 1.807) is 26.8 Å². The van der Waals surface area contributed by atoms with Crippen molar-refractivity contribution in [1.29, 1.82) is 5.26 Å². The number of halogens is 1. The average molecular weight is 317 g/mol. The van der Waals surface area contributed by atoms with Crippen molar-refractivity contribution < 1.29 is 14.8 Å². The third kappa shape index (κ3) is 4.35. The predicted octanol–water partition coefficient (Wildman–Crippen LogP) is 3.01. The molecule has 0 atom stereocenters. The van der Waals surface area contributed by atoms with Crippen molar-refractivity contribution in [2.75, 3.05) is 0 Å². The number of carbonyl (C=O) groups excluding carboxylic acids is 1. The van der Waals surface area contributed by atoms with Crippen molar-refractivity contribution in [3.05, 3.63) is 44.5 Å². The molecule has 6 nitrogen and oxygen atoms in total. The first-order valence-corrected chi connectivity index (χ1v) is 6.30. The Labute approximate surface area is 144 Å². The third-order valence-corrected chi connectivity index (χ3v) is 2.90. The molecule has 112 valence electrons. The summed E-state index contributed by atoms with van der Waals surface area (Å²) in [5.41, 5.74) is -2.12. The van der Waals surface area contributed by atoms with E-state index in [0.717, 1.165) is 6.07 Å². The first-order chi connectivity index (χ1) is 9.59. The second-order valence-corrected chi connectivity index (χ2v) is 5.77. The fourth-order valence-electron chi connectivity index (χ4n) is 1.58. The number of aliphatic hydroxyl groups is 1. The molecule has 0 aromatic heterocycles. The summed E-state index contributed by atoms with van der Waals surface area (Å²) in [5, 5.41) is 30.3. The number of allylic oxidation sites excluding steroid dienone is 1. The Morgan fingerprint density at radius 1 is 1.41 bits per heavy atom. The maximum atomic E-state index is 12.1. The first-order valence-electron chi connectivity index (χ1n) is 5.92. The summed E-state index contributed by atoms with van der Waals surface area (Å²) in [4.78, 5) is 22.4. The average Bonchev–Trinajstić information content (AvgIpc) is 2.37. The SMILES string of the molecule is CC(C)(C)C(=O)C(C#N)=C(O)c1ccc(Cl)cc1[N+](=O)[O-].[LiH]. The molecule has 8 heteroatoms. The van der Waals surface area contributed by atoms with Gasteiger partial charge in [0.25, 0.3) is 5.69 Å². The Kier molecular flexibility index (Phi) is 6.86. The number of nitrogens with zero attached hydrogens (tertiary/aromatic N) is 2. The van der Waals surface area contributed by atoms with Crippen molar-refractivity contribution in [2.24, 2.45) is 5.41 Å². The van der Waals surface area contributed by atoms with Crippen LogP contribution in [-0.4, -0.2) is 34.7 Å². The van der Waals surface area contributed by atoms with Gasteiger partial charge in [-0.1, -0.05) is 32.4 Å². The van der Waals surface area contributed by atoms with Crippen LogP contribution in [0.5, 0.6) is 0 Å². The van der Waals surface area contributed by atoms with Crippen molar-refractivity contribution in [3.8, 4) is 6.07 Å². The number of hydrogen-bond acceptors (Lipinski definition) is 5. The summed E-state index contributed by atoms with van der Waals surface area (Å²) in [5.74, 6) is -1.33. The number of ketones is 1. The number of carbonyl (C=O) groups is 1. The van der Waals surface area contributed by atoms with Crippen LogP contribution in [0.1, 0.15) is 26.3 Å². The van der Waals surface area contributed by atoms with Crippen molar-refractivity contribution in [3.63, 3.8) is 0 Å². The minimum absolute atomic E-state index is 0. The van der Waals surface area contributed by atoms with Gasteiger partial charge in [-0.3, -0.25) is 14.9 Å². The van der Waals surface area contributed by atoms with Crippen LogP contribution in [0.4, 0.5) is 5.69 Å². The van der Waals surface area contributed by atoms with Crippen LogP contribution in [0.3, 0.4) is 0 Å². The Hall–Kier alpha value is -1.79. The second-order valence-electron chi connectivity index (χ2n) is 5.33.